The fraction of sp³-hybridized carbons (Fsp3) is 0.476. The van der Waals surface area contributed by atoms with Gasteiger partial charge >= 0.3 is 0 Å². The van der Waals surface area contributed by atoms with Gasteiger partial charge in [-0.15, -0.1) is 0 Å². The third kappa shape index (κ3) is 3.97. The summed E-state index contributed by atoms with van der Waals surface area (Å²) in [6.07, 6.45) is 2.51. The van der Waals surface area contributed by atoms with Crippen molar-refractivity contribution in [2.75, 3.05) is 51.1 Å². The predicted octanol–water partition coefficient (Wildman–Crippen LogP) is 1.25. The first kappa shape index (κ1) is 20.2. The topological polar surface area (TPSA) is 91.8 Å². The number of hydrogen-bond acceptors (Lipinski definition) is 8. The van der Waals surface area contributed by atoms with Crippen molar-refractivity contribution in [2.45, 2.75) is 25.6 Å². The standard InChI is InChI=1S/C21H28N6O3/c1-26-12-19(28)27(15-6-7-22-10-15)11-16-20(24-13-25-21(16)26)23-9-14-4-5-17(29-2)18(8-14)30-3/h4-5,8,13,15,22H,6-7,9-12H2,1-3H3,(H,23,24,25). The molecule has 30 heavy (non-hydrogen) atoms. The van der Waals surface area contributed by atoms with Gasteiger partial charge < -0.3 is 29.9 Å². The minimum atomic E-state index is 0.120. The van der Waals surface area contributed by atoms with E-state index in [1.54, 1.807) is 20.5 Å². The van der Waals surface area contributed by atoms with Crippen molar-refractivity contribution in [3.8, 4) is 11.5 Å². The first-order valence-electron chi connectivity index (χ1n) is 10.1. The molecule has 1 fully saturated rings. The Labute approximate surface area is 176 Å². The number of nitrogens with zero attached hydrogens (tertiary/aromatic N) is 4. The number of amides is 1. The lowest BCUT2D eigenvalue weighted by atomic mass is 10.1. The van der Waals surface area contributed by atoms with Gasteiger partial charge in [-0.05, 0) is 30.7 Å². The van der Waals surface area contributed by atoms with Crippen LogP contribution >= 0.6 is 0 Å². The van der Waals surface area contributed by atoms with Gasteiger partial charge in [0.05, 0.1) is 32.9 Å². The van der Waals surface area contributed by atoms with Gasteiger partial charge in [0.1, 0.15) is 18.0 Å². The summed E-state index contributed by atoms with van der Waals surface area (Å²) in [5.74, 6) is 3.03. The maximum atomic E-state index is 12.9. The highest BCUT2D eigenvalue weighted by molar-refractivity contribution is 5.84. The van der Waals surface area contributed by atoms with E-state index in [0.29, 0.717) is 31.1 Å². The van der Waals surface area contributed by atoms with Gasteiger partial charge in [-0.25, -0.2) is 9.97 Å². The van der Waals surface area contributed by atoms with Gasteiger partial charge in [0.25, 0.3) is 0 Å². The third-order valence-electron chi connectivity index (χ3n) is 5.69. The van der Waals surface area contributed by atoms with Gasteiger partial charge in [0, 0.05) is 26.2 Å². The number of carbonyl (C=O) groups excluding carboxylic acids is 1. The van der Waals surface area contributed by atoms with Crippen LogP contribution in [0.3, 0.4) is 0 Å². The summed E-state index contributed by atoms with van der Waals surface area (Å²) in [5, 5.41) is 6.78. The van der Waals surface area contributed by atoms with E-state index >= 15 is 0 Å². The smallest absolute Gasteiger partial charge is 0.242 e. The summed E-state index contributed by atoms with van der Waals surface area (Å²) in [4.78, 5) is 25.7. The maximum Gasteiger partial charge on any atom is 0.242 e. The van der Waals surface area contributed by atoms with E-state index in [2.05, 4.69) is 20.6 Å². The number of hydrogen-bond donors (Lipinski definition) is 2. The van der Waals surface area contributed by atoms with E-state index in [-0.39, 0.29) is 11.9 Å². The molecule has 1 aromatic heterocycles. The Morgan fingerprint density at radius 3 is 2.77 bits per heavy atom. The monoisotopic (exact) mass is 412 g/mol. The van der Waals surface area contributed by atoms with Crippen LogP contribution < -0.4 is 25.0 Å². The molecule has 2 aliphatic heterocycles. The second-order valence-corrected chi connectivity index (χ2v) is 7.59. The fourth-order valence-electron chi connectivity index (χ4n) is 4.07. The van der Waals surface area contributed by atoms with Gasteiger partial charge in [-0.3, -0.25) is 4.79 Å². The number of methoxy groups -OCH3 is 2. The zero-order valence-corrected chi connectivity index (χ0v) is 17.6. The van der Waals surface area contributed by atoms with Crippen LogP contribution in [-0.2, 0) is 17.9 Å². The van der Waals surface area contributed by atoms with Crippen molar-refractivity contribution in [3.63, 3.8) is 0 Å². The van der Waals surface area contributed by atoms with Gasteiger partial charge in [-0.1, -0.05) is 6.07 Å². The average Bonchev–Trinajstić information content (AvgIpc) is 3.26. The summed E-state index contributed by atoms with van der Waals surface area (Å²) in [6, 6.07) is 6.02. The number of fused-ring (bicyclic) bond motifs is 1. The first-order valence-corrected chi connectivity index (χ1v) is 10.1. The molecule has 0 aliphatic carbocycles. The second-order valence-electron chi connectivity index (χ2n) is 7.59. The van der Waals surface area contributed by atoms with Crippen molar-refractivity contribution in [1.29, 1.82) is 0 Å². The SMILES string of the molecule is COc1ccc(CNc2ncnc3c2CN(C2CCNC2)C(=O)CN3C)cc1OC. The lowest BCUT2D eigenvalue weighted by Gasteiger charge is -2.27. The predicted molar refractivity (Wildman–Crippen MR) is 114 cm³/mol. The highest BCUT2D eigenvalue weighted by atomic mass is 16.5. The van der Waals surface area contributed by atoms with Crippen molar-refractivity contribution in [3.05, 3.63) is 35.7 Å². The number of anilines is 2. The highest BCUT2D eigenvalue weighted by Gasteiger charge is 2.32. The molecule has 1 amide bonds. The quantitative estimate of drug-likeness (QED) is 0.733. The zero-order valence-electron chi connectivity index (χ0n) is 17.6. The molecule has 1 unspecified atom stereocenters. The minimum Gasteiger partial charge on any atom is -0.493 e. The van der Waals surface area contributed by atoms with Crippen LogP contribution in [0.15, 0.2) is 24.5 Å². The highest BCUT2D eigenvalue weighted by Crippen LogP contribution is 2.31. The van der Waals surface area contributed by atoms with E-state index in [0.717, 1.165) is 42.3 Å². The van der Waals surface area contributed by atoms with E-state index in [9.17, 15) is 4.79 Å². The van der Waals surface area contributed by atoms with Crippen LogP contribution in [0.2, 0.25) is 0 Å². The molecule has 3 heterocycles. The molecular weight excluding hydrogens is 384 g/mol. The minimum absolute atomic E-state index is 0.120. The normalized spacial score (nSPS) is 18.8. The van der Waals surface area contributed by atoms with E-state index < -0.39 is 0 Å². The van der Waals surface area contributed by atoms with Crippen molar-refractivity contribution in [1.82, 2.24) is 20.2 Å². The number of ether oxygens (including phenoxy) is 2. The molecular formula is C21H28N6O3. The molecule has 9 heteroatoms. The molecule has 1 aromatic carbocycles. The van der Waals surface area contributed by atoms with Gasteiger partial charge in [0.2, 0.25) is 5.91 Å². The fourth-order valence-corrected chi connectivity index (χ4v) is 4.07. The Morgan fingerprint density at radius 1 is 1.20 bits per heavy atom. The molecule has 2 aliphatic rings. The molecule has 0 radical (unpaired) electrons. The number of likely N-dealkylation sites (N-methyl/N-ethyl adjacent to an activating group) is 1. The zero-order chi connectivity index (χ0) is 21.1. The number of carbonyl (C=O) groups is 1. The van der Waals surface area contributed by atoms with Crippen LogP contribution in [0.4, 0.5) is 11.6 Å². The van der Waals surface area contributed by atoms with Crippen LogP contribution in [0.25, 0.3) is 0 Å². The van der Waals surface area contributed by atoms with Gasteiger partial charge in [0.15, 0.2) is 11.5 Å². The summed E-state index contributed by atoms with van der Waals surface area (Å²) in [7, 11) is 5.15. The molecule has 2 N–H and O–H groups in total. The molecule has 0 spiro atoms. The number of rotatable bonds is 6. The molecule has 9 nitrogen and oxygen atoms in total. The first-order chi connectivity index (χ1) is 14.6. The Hall–Kier alpha value is -3.07. The van der Waals surface area contributed by atoms with Crippen LogP contribution in [0.1, 0.15) is 17.5 Å². The number of nitrogens with one attached hydrogen (secondary N) is 2. The van der Waals surface area contributed by atoms with E-state index in [4.69, 9.17) is 9.47 Å². The second kappa shape index (κ2) is 8.74. The summed E-state index contributed by atoms with van der Waals surface area (Å²) >= 11 is 0. The Balaban J connectivity index is 1.58. The van der Waals surface area contributed by atoms with Gasteiger partial charge in [-0.2, -0.15) is 0 Å². The van der Waals surface area contributed by atoms with Crippen LogP contribution in [-0.4, -0.2) is 67.7 Å². The number of benzene rings is 1. The summed E-state index contributed by atoms with van der Waals surface area (Å²) in [5.41, 5.74) is 1.98. The molecule has 160 valence electrons. The summed E-state index contributed by atoms with van der Waals surface area (Å²) < 4.78 is 10.7. The van der Waals surface area contributed by atoms with Crippen LogP contribution in [0, 0.1) is 0 Å². The third-order valence-corrected chi connectivity index (χ3v) is 5.69. The Kier molecular flexibility index (Phi) is 5.89. The van der Waals surface area contributed by atoms with Crippen molar-refractivity contribution in [2.24, 2.45) is 0 Å². The molecule has 4 rings (SSSR count). The molecule has 0 saturated carbocycles. The van der Waals surface area contributed by atoms with E-state index in [1.165, 1.54) is 0 Å². The summed E-state index contributed by atoms with van der Waals surface area (Å²) in [6.45, 7) is 3.14. The van der Waals surface area contributed by atoms with E-state index in [1.807, 2.05) is 35.0 Å². The molecule has 0 bridgehead atoms. The number of aromatic nitrogens is 2. The molecule has 2 aromatic rings. The lowest BCUT2D eigenvalue weighted by Crippen LogP contribution is -2.43. The largest absolute Gasteiger partial charge is 0.493 e. The molecule has 1 saturated heterocycles. The average molecular weight is 412 g/mol. The van der Waals surface area contributed by atoms with Crippen LogP contribution in [0.5, 0.6) is 11.5 Å². The molecule has 1 atom stereocenters. The Morgan fingerprint density at radius 2 is 2.03 bits per heavy atom. The van der Waals surface area contributed by atoms with Crippen molar-refractivity contribution < 1.29 is 14.3 Å². The lowest BCUT2D eigenvalue weighted by molar-refractivity contribution is -0.132. The van der Waals surface area contributed by atoms with Crippen molar-refractivity contribution >= 4 is 17.5 Å². The maximum absolute atomic E-state index is 12.9. The Bertz CT molecular complexity index is 916.